The lowest BCUT2D eigenvalue weighted by Crippen LogP contribution is -1.81. The molecule has 11 heavy (non-hydrogen) atoms. The maximum atomic E-state index is 10.3. The number of carbonyl (C=O) groups excluding carboxylic acids is 1. The molecule has 2 heterocycles. The molecule has 0 unspecified atom stereocenters. The Bertz CT molecular complexity index is 392. The van der Waals surface area contributed by atoms with Crippen LogP contribution in [-0.2, 0) is 4.79 Å². The summed E-state index contributed by atoms with van der Waals surface area (Å²) >= 11 is 0. The summed E-state index contributed by atoms with van der Waals surface area (Å²) in [5.74, 6) is 0. The highest BCUT2D eigenvalue weighted by Gasteiger charge is 2.02. The molecule has 0 aliphatic carbocycles. The van der Waals surface area contributed by atoms with Gasteiger partial charge in [-0.2, -0.15) is 0 Å². The molecule has 0 aliphatic heterocycles. The van der Waals surface area contributed by atoms with Gasteiger partial charge in [0.05, 0.1) is 11.8 Å². The van der Waals surface area contributed by atoms with Crippen LogP contribution in [-0.4, -0.2) is 11.3 Å². The second kappa shape index (κ2) is 2.20. The molecule has 0 saturated heterocycles. The first-order chi connectivity index (χ1) is 5.42. The molecule has 0 amide bonds. The Kier molecular flexibility index (Phi) is 1.22. The topological polar surface area (TPSA) is 43.1 Å². The summed E-state index contributed by atoms with van der Waals surface area (Å²) in [4.78, 5) is 14.1. The van der Waals surface area contributed by atoms with E-state index in [4.69, 9.17) is 4.42 Å². The van der Waals surface area contributed by atoms with Crippen molar-refractivity contribution in [3.05, 3.63) is 30.3 Å². The van der Waals surface area contributed by atoms with Crippen molar-refractivity contribution in [2.75, 3.05) is 0 Å². The lowest BCUT2D eigenvalue weighted by Gasteiger charge is -1.88. The summed E-state index contributed by atoms with van der Waals surface area (Å²) in [6.45, 7) is 0. The minimum Gasteiger partial charge on any atom is -0.463 e. The van der Waals surface area contributed by atoms with Gasteiger partial charge in [-0.25, -0.2) is 0 Å². The maximum Gasteiger partial charge on any atom is 0.239 e. The standard InChI is InChI=1S/C8H4NO2/c10-5-7-4-9-3-6-1-2-11-8(6)7/h1-4H. The van der Waals surface area contributed by atoms with Gasteiger partial charge in [0.25, 0.3) is 0 Å². The summed E-state index contributed by atoms with van der Waals surface area (Å²) in [6.07, 6.45) is 6.34. The van der Waals surface area contributed by atoms with Gasteiger partial charge >= 0.3 is 0 Å². The number of hydrogen-bond acceptors (Lipinski definition) is 3. The third-order valence-electron chi connectivity index (χ3n) is 1.47. The van der Waals surface area contributed by atoms with E-state index < -0.39 is 0 Å². The van der Waals surface area contributed by atoms with Crippen LogP contribution in [0.5, 0.6) is 0 Å². The van der Waals surface area contributed by atoms with E-state index in [1.165, 1.54) is 12.5 Å². The van der Waals surface area contributed by atoms with Crippen molar-refractivity contribution in [2.24, 2.45) is 0 Å². The number of aromatic nitrogens is 1. The van der Waals surface area contributed by atoms with Gasteiger partial charge < -0.3 is 4.42 Å². The van der Waals surface area contributed by atoms with Crippen molar-refractivity contribution >= 4 is 17.3 Å². The SMILES string of the molecule is O=[C]c1cncc2ccoc12. The predicted octanol–water partition coefficient (Wildman–Crippen LogP) is 1.29. The molecule has 0 bridgehead atoms. The van der Waals surface area contributed by atoms with Crippen LogP contribution in [0.25, 0.3) is 11.0 Å². The molecule has 0 aromatic carbocycles. The molecule has 0 N–H and O–H groups in total. The van der Waals surface area contributed by atoms with Crippen molar-refractivity contribution < 1.29 is 9.21 Å². The largest absolute Gasteiger partial charge is 0.463 e. The number of nitrogens with zero attached hydrogens (tertiary/aromatic N) is 1. The summed E-state index contributed by atoms with van der Waals surface area (Å²) in [5, 5.41) is 0.825. The summed E-state index contributed by atoms with van der Waals surface area (Å²) in [7, 11) is 0. The fourth-order valence-corrected chi connectivity index (χ4v) is 0.963. The van der Waals surface area contributed by atoms with E-state index in [9.17, 15) is 4.79 Å². The molecule has 0 atom stereocenters. The van der Waals surface area contributed by atoms with Crippen molar-refractivity contribution in [3.63, 3.8) is 0 Å². The molecule has 2 aromatic heterocycles. The zero-order chi connectivity index (χ0) is 7.68. The molecule has 1 radical (unpaired) electrons. The molecule has 2 rings (SSSR count). The minimum absolute atomic E-state index is 0.368. The maximum absolute atomic E-state index is 10.3. The summed E-state index contributed by atoms with van der Waals surface area (Å²) in [5.41, 5.74) is 0.919. The monoisotopic (exact) mass is 146 g/mol. The Morgan fingerprint density at radius 1 is 1.45 bits per heavy atom. The average molecular weight is 146 g/mol. The van der Waals surface area contributed by atoms with Crippen LogP contribution in [0.1, 0.15) is 5.56 Å². The normalized spacial score (nSPS) is 10.2. The number of fused-ring (bicyclic) bond motifs is 1. The predicted molar refractivity (Wildman–Crippen MR) is 38.8 cm³/mol. The number of rotatable bonds is 1. The van der Waals surface area contributed by atoms with Crippen LogP contribution in [0.2, 0.25) is 0 Å². The second-order valence-electron chi connectivity index (χ2n) is 2.13. The first kappa shape index (κ1) is 6.09. The van der Waals surface area contributed by atoms with Gasteiger partial charge in [-0.15, -0.1) is 0 Å². The lowest BCUT2D eigenvalue weighted by molar-refractivity contribution is 0.560. The van der Waals surface area contributed by atoms with E-state index in [2.05, 4.69) is 4.98 Å². The molecule has 0 fully saturated rings. The lowest BCUT2D eigenvalue weighted by atomic mass is 10.2. The van der Waals surface area contributed by atoms with E-state index in [1.807, 2.05) is 0 Å². The second-order valence-corrected chi connectivity index (χ2v) is 2.13. The van der Waals surface area contributed by atoms with E-state index in [1.54, 1.807) is 18.5 Å². The molecule has 3 heteroatoms. The third kappa shape index (κ3) is 0.816. The highest BCUT2D eigenvalue weighted by atomic mass is 16.3. The number of hydrogen-bond donors (Lipinski definition) is 0. The van der Waals surface area contributed by atoms with Gasteiger partial charge in [0.15, 0.2) is 0 Å². The van der Waals surface area contributed by atoms with Crippen molar-refractivity contribution in [1.82, 2.24) is 4.98 Å². The zero-order valence-corrected chi connectivity index (χ0v) is 5.57. The van der Waals surface area contributed by atoms with Crippen LogP contribution >= 0.6 is 0 Å². The first-order valence-corrected chi connectivity index (χ1v) is 3.11. The van der Waals surface area contributed by atoms with Crippen LogP contribution in [0, 0.1) is 0 Å². The molecule has 3 nitrogen and oxygen atoms in total. The Labute approximate surface area is 62.7 Å². The number of furan rings is 1. The fraction of sp³-hybridized carbons (Fsp3) is 0. The molecule has 0 spiro atoms. The van der Waals surface area contributed by atoms with Crippen LogP contribution in [0.15, 0.2) is 29.1 Å². The van der Waals surface area contributed by atoms with E-state index in [-0.39, 0.29) is 0 Å². The van der Waals surface area contributed by atoms with Crippen LogP contribution in [0.3, 0.4) is 0 Å². The van der Waals surface area contributed by atoms with Gasteiger partial charge in [0.1, 0.15) is 5.58 Å². The summed E-state index contributed by atoms with van der Waals surface area (Å²) < 4.78 is 5.04. The van der Waals surface area contributed by atoms with Crippen LogP contribution < -0.4 is 0 Å². The Hall–Kier alpha value is -1.64. The first-order valence-electron chi connectivity index (χ1n) is 3.11. The Morgan fingerprint density at radius 2 is 2.36 bits per heavy atom. The smallest absolute Gasteiger partial charge is 0.239 e. The van der Waals surface area contributed by atoms with Gasteiger partial charge in [0, 0.05) is 17.8 Å². The van der Waals surface area contributed by atoms with Gasteiger partial charge in [-0.1, -0.05) is 0 Å². The van der Waals surface area contributed by atoms with Crippen molar-refractivity contribution in [1.29, 1.82) is 0 Å². The Morgan fingerprint density at radius 3 is 3.18 bits per heavy atom. The molecule has 0 aliphatic rings. The third-order valence-corrected chi connectivity index (χ3v) is 1.47. The average Bonchev–Trinajstić information content (AvgIpc) is 2.50. The van der Waals surface area contributed by atoms with Crippen LogP contribution in [0.4, 0.5) is 0 Å². The van der Waals surface area contributed by atoms with E-state index >= 15 is 0 Å². The molecular formula is C8H4NO2. The highest BCUT2D eigenvalue weighted by Crippen LogP contribution is 2.16. The van der Waals surface area contributed by atoms with Gasteiger partial charge in [0.2, 0.25) is 6.29 Å². The van der Waals surface area contributed by atoms with Crippen molar-refractivity contribution in [3.8, 4) is 0 Å². The molecule has 53 valence electrons. The highest BCUT2D eigenvalue weighted by molar-refractivity contribution is 5.93. The zero-order valence-electron chi connectivity index (χ0n) is 5.57. The summed E-state index contributed by atoms with van der Waals surface area (Å²) in [6, 6.07) is 1.75. The molecule has 0 saturated carbocycles. The van der Waals surface area contributed by atoms with E-state index in [0.717, 1.165) is 5.39 Å². The molecular weight excluding hydrogens is 142 g/mol. The minimum atomic E-state index is 0.368. The fourth-order valence-electron chi connectivity index (χ4n) is 0.963. The molecule has 2 aromatic rings. The quantitative estimate of drug-likeness (QED) is 0.608. The van der Waals surface area contributed by atoms with Crippen molar-refractivity contribution in [2.45, 2.75) is 0 Å². The van der Waals surface area contributed by atoms with Gasteiger partial charge in [-0.05, 0) is 6.07 Å². The van der Waals surface area contributed by atoms with E-state index in [0.29, 0.717) is 11.1 Å². The van der Waals surface area contributed by atoms with Gasteiger partial charge in [-0.3, -0.25) is 9.78 Å². The Balaban J connectivity index is 2.88. The number of pyridine rings is 1.